The van der Waals surface area contributed by atoms with Crippen molar-refractivity contribution in [3.8, 4) is 5.75 Å². The maximum Gasteiger partial charge on any atom is 0.422 e. The Morgan fingerprint density at radius 1 is 1.06 bits per heavy atom. The van der Waals surface area contributed by atoms with Crippen LogP contribution in [0.4, 0.5) is 24.5 Å². The Bertz CT molecular complexity index is 1390. The molecule has 1 heterocycles. The largest absolute Gasteiger partial charge is 0.484 e. The number of nitrogens with zero attached hydrogens (tertiary/aromatic N) is 1. The number of alkyl halides is 3. The topological polar surface area (TPSA) is 63.5 Å². The van der Waals surface area contributed by atoms with Crippen molar-refractivity contribution in [1.82, 2.24) is 4.57 Å². The zero-order valence-corrected chi connectivity index (χ0v) is 18.7. The number of aromatic nitrogens is 1. The molecule has 0 unspecified atom stereocenters. The van der Waals surface area contributed by atoms with Crippen molar-refractivity contribution in [3.05, 3.63) is 89.6 Å². The summed E-state index contributed by atoms with van der Waals surface area (Å²) in [6.07, 6.45) is -0.275. The lowest BCUT2D eigenvalue weighted by Crippen LogP contribution is -2.19. The zero-order valence-electron chi connectivity index (χ0n) is 18.7. The highest BCUT2D eigenvalue weighted by Crippen LogP contribution is 2.41. The van der Waals surface area contributed by atoms with E-state index in [2.05, 4.69) is 5.32 Å². The Kier molecular flexibility index (Phi) is 5.88. The van der Waals surface area contributed by atoms with Crippen LogP contribution in [0.5, 0.6) is 5.75 Å². The molecule has 5 rings (SSSR count). The number of carboxylic acid groups (broad SMARTS) is 1. The molecule has 2 N–H and O–H groups in total. The molecule has 0 spiro atoms. The first-order valence-corrected chi connectivity index (χ1v) is 11.3. The van der Waals surface area contributed by atoms with Crippen molar-refractivity contribution < 1.29 is 27.8 Å². The van der Waals surface area contributed by atoms with Crippen LogP contribution in [-0.4, -0.2) is 28.4 Å². The molecular formula is C27H23F3N2O3. The summed E-state index contributed by atoms with van der Waals surface area (Å²) in [6.45, 7) is -0.864. The molecule has 0 amide bonds. The van der Waals surface area contributed by atoms with Crippen LogP contribution >= 0.6 is 0 Å². The van der Waals surface area contributed by atoms with E-state index in [1.165, 1.54) is 6.07 Å². The summed E-state index contributed by atoms with van der Waals surface area (Å²) in [5.41, 5.74) is 4.37. The molecule has 1 fully saturated rings. The van der Waals surface area contributed by atoms with Gasteiger partial charge in [-0.15, -0.1) is 0 Å². The molecule has 3 aromatic carbocycles. The maximum atomic E-state index is 12.4. The van der Waals surface area contributed by atoms with Gasteiger partial charge in [-0.25, -0.2) is 4.79 Å². The van der Waals surface area contributed by atoms with Gasteiger partial charge in [0, 0.05) is 29.3 Å². The molecule has 1 aliphatic carbocycles. The fourth-order valence-electron chi connectivity index (χ4n) is 4.19. The first kappa shape index (κ1) is 22.8. The highest BCUT2D eigenvalue weighted by molar-refractivity contribution is 5.96. The normalized spacial score (nSPS) is 13.7. The van der Waals surface area contributed by atoms with Crippen LogP contribution in [0.3, 0.4) is 0 Å². The van der Waals surface area contributed by atoms with Crippen molar-refractivity contribution in [2.24, 2.45) is 0 Å². The maximum absolute atomic E-state index is 12.4. The van der Waals surface area contributed by atoms with Gasteiger partial charge in [-0.2, -0.15) is 13.2 Å². The number of halogens is 3. The Balaban J connectivity index is 1.33. The molecule has 180 valence electrons. The van der Waals surface area contributed by atoms with Crippen LogP contribution in [0.25, 0.3) is 10.9 Å². The van der Waals surface area contributed by atoms with Gasteiger partial charge in [-0.1, -0.05) is 18.2 Å². The van der Waals surface area contributed by atoms with Gasteiger partial charge >= 0.3 is 12.1 Å². The Hall–Kier alpha value is -3.94. The molecule has 35 heavy (non-hydrogen) atoms. The molecule has 0 atom stereocenters. The van der Waals surface area contributed by atoms with Crippen molar-refractivity contribution in [3.63, 3.8) is 0 Å². The summed E-state index contributed by atoms with van der Waals surface area (Å²) >= 11 is 0. The lowest BCUT2D eigenvalue weighted by molar-refractivity contribution is -0.153. The number of hydrogen-bond donors (Lipinski definition) is 2. The first-order chi connectivity index (χ1) is 16.7. The molecule has 0 radical (unpaired) electrons. The first-order valence-electron chi connectivity index (χ1n) is 11.3. The van der Waals surface area contributed by atoms with E-state index in [1.54, 1.807) is 18.2 Å². The Morgan fingerprint density at radius 3 is 2.63 bits per heavy atom. The second-order valence-electron chi connectivity index (χ2n) is 8.78. The summed E-state index contributed by atoms with van der Waals surface area (Å²) in [5, 5.41) is 13.8. The van der Waals surface area contributed by atoms with E-state index >= 15 is 0 Å². The summed E-state index contributed by atoms with van der Waals surface area (Å²) < 4.78 is 44.2. The third kappa shape index (κ3) is 5.42. The minimum atomic E-state index is -4.39. The molecule has 1 aliphatic rings. The van der Waals surface area contributed by atoms with Crippen molar-refractivity contribution in [1.29, 1.82) is 0 Å². The Morgan fingerprint density at radius 2 is 1.89 bits per heavy atom. The molecule has 0 aliphatic heterocycles. The quantitative estimate of drug-likeness (QED) is 0.286. The summed E-state index contributed by atoms with van der Waals surface area (Å²) in [6, 6.07) is 19.9. The number of hydrogen-bond acceptors (Lipinski definition) is 3. The third-order valence-electron chi connectivity index (χ3n) is 6.03. The van der Waals surface area contributed by atoms with E-state index in [9.17, 15) is 23.1 Å². The van der Waals surface area contributed by atoms with Crippen molar-refractivity contribution in [2.45, 2.75) is 31.5 Å². The highest BCUT2D eigenvalue weighted by atomic mass is 19.4. The van der Waals surface area contributed by atoms with Crippen LogP contribution in [-0.2, 0) is 6.54 Å². The molecule has 5 nitrogen and oxygen atoms in total. The number of fused-ring (bicyclic) bond motifs is 1. The third-order valence-corrected chi connectivity index (χ3v) is 6.03. The average molecular weight is 480 g/mol. The second kappa shape index (κ2) is 9.02. The van der Waals surface area contributed by atoms with E-state index in [-0.39, 0.29) is 11.3 Å². The van der Waals surface area contributed by atoms with Gasteiger partial charge in [0.2, 0.25) is 0 Å². The van der Waals surface area contributed by atoms with Gasteiger partial charge in [-0.3, -0.25) is 0 Å². The number of carboxylic acids is 1. The van der Waals surface area contributed by atoms with Crippen LogP contribution < -0.4 is 10.1 Å². The molecule has 8 heteroatoms. The zero-order chi connectivity index (χ0) is 24.6. The smallest absolute Gasteiger partial charge is 0.422 e. The molecule has 0 bridgehead atoms. The summed E-state index contributed by atoms with van der Waals surface area (Å²) in [5.74, 6) is -0.330. The van der Waals surface area contributed by atoms with E-state index in [0.29, 0.717) is 18.2 Å². The van der Waals surface area contributed by atoms with Gasteiger partial charge in [0.15, 0.2) is 6.61 Å². The van der Waals surface area contributed by atoms with E-state index in [4.69, 9.17) is 4.74 Å². The molecule has 1 saturated carbocycles. The summed E-state index contributed by atoms with van der Waals surface area (Å²) in [7, 11) is 0. The highest BCUT2D eigenvalue weighted by Gasteiger charge is 2.28. The predicted octanol–water partition coefficient (Wildman–Crippen LogP) is 6.95. The van der Waals surface area contributed by atoms with Crippen LogP contribution in [0.15, 0.2) is 72.9 Å². The second-order valence-corrected chi connectivity index (χ2v) is 8.78. The van der Waals surface area contributed by atoms with Gasteiger partial charge in [0.25, 0.3) is 0 Å². The van der Waals surface area contributed by atoms with Crippen molar-refractivity contribution >= 4 is 28.2 Å². The van der Waals surface area contributed by atoms with Crippen molar-refractivity contribution in [2.75, 3.05) is 11.9 Å². The minimum Gasteiger partial charge on any atom is -0.484 e. The van der Waals surface area contributed by atoms with Crippen LogP contribution in [0.2, 0.25) is 0 Å². The van der Waals surface area contributed by atoms with Crippen LogP contribution in [0, 0.1) is 0 Å². The van der Waals surface area contributed by atoms with Gasteiger partial charge in [0.1, 0.15) is 5.75 Å². The van der Waals surface area contributed by atoms with E-state index < -0.39 is 18.8 Å². The number of benzene rings is 3. The molecule has 1 aromatic heterocycles. The summed E-state index contributed by atoms with van der Waals surface area (Å²) in [4.78, 5) is 11.8. The number of aromatic carboxylic acids is 1. The van der Waals surface area contributed by atoms with Gasteiger partial charge in [0.05, 0.1) is 11.3 Å². The lowest BCUT2D eigenvalue weighted by Gasteiger charge is -2.13. The monoisotopic (exact) mass is 480 g/mol. The van der Waals surface area contributed by atoms with Crippen LogP contribution in [0.1, 0.15) is 40.2 Å². The lowest BCUT2D eigenvalue weighted by atomic mass is 10.0. The standard InChI is InChI=1S/C27H23F3N2O3/c28-27(29,30)16-35-22-3-1-2-17(12-22)15-32-11-10-20-13-21(7-9-25(20)32)31-24-8-6-19(18-4-5-18)14-23(24)26(33)34/h1-3,6-14,18,31H,4-5,15-16H2,(H,33,34). The number of rotatable bonds is 8. The van der Waals surface area contributed by atoms with E-state index in [0.717, 1.165) is 40.6 Å². The number of carbonyl (C=O) groups is 1. The molecule has 4 aromatic rings. The predicted molar refractivity (Wildman–Crippen MR) is 128 cm³/mol. The van der Waals surface area contributed by atoms with E-state index in [1.807, 2.05) is 53.2 Å². The molecule has 0 saturated heterocycles. The Labute approximate surface area is 199 Å². The average Bonchev–Trinajstić information content (AvgIpc) is 3.60. The van der Waals surface area contributed by atoms with Gasteiger partial charge < -0.3 is 19.7 Å². The number of ether oxygens (including phenoxy) is 1. The number of nitrogens with one attached hydrogen (secondary N) is 1. The fourth-order valence-corrected chi connectivity index (χ4v) is 4.19. The van der Waals surface area contributed by atoms with Gasteiger partial charge in [-0.05, 0) is 78.4 Å². The fraction of sp³-hybridized carbons (Fsp3) is 0.222. The number of anilines is 2. The minimum absolute atomic E-state index is 0.171. The SMILES string of the molecule is O=C(O)c1cc(C2CC2)ccc1Nc1ccc2c(ccn2Cc2cccc(OCC(F)(F)F)c2)c1. The molecular weight excluding hydrogens is 457 g/mol.